The number of ether oxygens (including phenoxy) is 1. The van der Waals surface area contributed by atoms with Crippen molar-refractivity contribution in [3.63, 3.8) is 0 Å². The van der Waals surface area contributed by atoms with E-state index in [9.17, 15) is 0 Å². The Balaban J connectivity index is 1.80. The van der Waals surface area contributed by atoms with Crippen LogP contribution in [0.5, 0.6) is 0 Å². The summed E-state index contributed by atoms with van der Waals surface area (Å²) in [6.45, 7) is 0.698. The maximum absolute atomic E-state index is 6.02. The molecule has 0 fully saturated rings. The van der Waals surface area contributed by atoms with Gasteiger partial charge in [-0.15, -0.1) is 11.8 Å². The highest BCUT2D eigenvalue weighted by atomic mass is 79.9. The summed E-state index contributed by atoms with van der Waals surface area (Å²) >= 11 is 5.34. The topological polar surface area (TPSA) is 9.23 Å². The Morgan fingerprint density at radius 2 is 1.83 bits per heavy atom. The van der Waals surface area contributed by atoms with E-state index >= 15 is 0 Å². The first kappa shape index (κ1) is 12.3. The van der Waals surface area contributed by atoms with Gasteiger partial charge in [-0.3, -0.25) is 0 Å². The number of fused-ring (bicyclic) bond motifs is 1. The van der Waals surface area contributed by atoms with Crippen molar-refractivity contribution in [2.75, 3.05) is 5.75 Å². The molecule has 0 radical (unpaired) electrons. The van der Waals surface area contributed by atoms with E-state index < -0.39 is 0 Å². The van der Waals surface area contributed by atoms with Crippen LogP contribution in [0.3, 0.4) is 0 Å². The summed E-state index contributed by atoms with van der Waals surface area (Å²) in [6, 6.07) is 16.9. The van der Waals surface area contributed by atoms with E-state index in [1.165, 1.54) is 16.0 Å². The lowest BCUT2D eigenvalue weighted by Gasteiger charge is -2.14. The second-order valence-electron chi connectivity index (χ2n) is 4.27. The molecule has 0 bridgehead atoms. The fourth-order valence-electron chi connectivity index (χ4n) is 2.04. The normalized spacial score (nSPS) is 19.1. The van der Waals surface area contributed by atoms with Gasteiger partial charge in [0.05, 0.1) is 12.7 Å². The summed E-state index contributed by atoms with van der Waals surface area (Å²) < 4.78 is 7.13. The van der Waals surface area contributed by atoms with Gasteiger partial charge in [0.2, 0.25) is 0 Å². The number of hydrogen-bond acceptors (Lipinski definition) is 2. The zero-order chi connectivity index (χ0) is 12.4. The van der Waals surface area contributed by atoms with E-state index in [4.69, 9.17) is 4.74 Å². The fourth-order valence-corrected chi connectivity index (χ4v) is 3.41. The molecule has 0 aliphatic carbocycles. The van der Waals surface area contributed by atoms with Crippen LogP contribution in [-0.4, -0.2) is 5.75 Å². The molecule has 1 nitrogen and oxygen atoms in total. The lowest BCUT2D eigenvalue weighted by molar-refractivity contribution is 0.0566. The molecule has 0 aromatic heterocycles. The summed E-state index contributed by atoms with van der Waals surface area (Å²) in [5.41, 5.74) is 2.54. The third-order valence-electron chi connectivity index (χ3n) is 3.04. The number of hydrogen-bond donors (Lipinski definition) is 0. The average molecular weight is 321 g/mol. The minimum Gasteiger partial charge on any atom is -0.368 e. The molecule has 0 saturated carbocycles. The maximum atomic E-state index is 6.02. The molecule has 1 unspecified atom stereocenters. The highest BCUT2D eigenvalue weighted by molar-refractivity contribution is 9.10. The average Bonchev–Trinajstić information content (AvgIpc) is 2.62. The standard InChI is InChI=1S/C15H13BrOS/c16-13-7-5-11(6-8-13)14-10-18-15-4-2-1-3-12(15)9-17-14/h1-8,14H,9-10H2. The number of halogens is 1. The van der Waals surface area contributed by atoms with E-state index in [0.29, 0.717) is 6.61 Å². The van der Waals surface area contributed by atoms with Gasteiger partial charge in [0.25, 0.3) is 0 Å². The van der Waals surface area contributed by atoms with E-state index in [1.807, 2.05) is 11.8 Å². The molecule has 92 valence electrons. The van der Waals surface area contributed by atoms with Crippen molar-refractivity contribution in [1.82, 2.24) is 0 Å². The zero-order valence-corrected chi connectivity index (χ0v) is 12.2. The molecule has 2 aromatic rings. The molecular formula is C15H13BrOS. The van der Waals surface area contributed by atoms with Gasteiger partial charge in [0.1, 0.15) is 0 Å². The van der Waals surface area contributed by atoms with Gasteiger partial charge in [0.15, 0.2) is 0 Å². The second kappa shape index (κ2) is 5.47. The van der Waals surface area contributed by atoms with Crippen molar-refractivity contribution >= 4 is 27.7 Å². The lowest BCUT2D eigenvalue weighted by Crippen LogP contribution is -2.04. The Kier molecular flexibility index (Phi) is 3.73. The predicted molar refractivity (Wildman–Crippen MR) is 78.8 cm³/mol. The molecule has 1 atom stereocenters. The first-order valence-corrected chi connectivity index (χ1v) is 7.68. The van der Waals surface area contributed by atoms with Crippen LogP contribution in [0.4, 0.5) is 0 Å². The van der Waals surface area contributed by atoms with Crippen LogP contribution in [-0.2, 0) is 11.3 Å². The third kappa shape index (κ3) is 2.63. The van der Waals surface area contributed by atoms with Crippen LogP contribution in [0.25, 0.3) is 0 Å². The van der Waals surface area contributed by atoms with Gasteiger partial charge in [-0.2, -0.15) is 0 Å². The molecule has 1 aliphatic heterocycles. The van der Waals surface area contributed by atoms with Crippen molar-refractivity contribution in [3.8, 4) is 0 Å². The third-order valence-corrected chi connectivity index (χ3v) is 4.75. The Morgan fingerprint density at radius 3 is 2.67 bits per heavy atom. The van der Waals surface area contributed by atoms with Crippen LogP contribution >= 0.6 is 27.7 Å². The predicted octanol–water partition coefficient (Wildman–Crippen LogP) is 4.81. The minimum atomic E-state index is 0.176. The Labute approximate surface area is 120 Å². The second-order valence-corrected chi connectivity index (χ2v) is 6.25. The van der Waals surface area contributed by atoms with Gasteiger partial charge in [0, 0.05) is 15.1 Å². The summed E-state index contributed by atoms with van der Waals surface area (Å²) in [6.07, 6.45) is 0.176. The first-order valence-electron chi connectivity index (χ1n) is 5.91. The van der Waals surface area contributed by atoms with Gasteiger partial charge in [-0.25, -0.2) is 0 Å². The van der Waals surface area contributed by atoms with Crippen molar-refractivity contribution in [1.29, 1.82) is 0 Å². The van der Waals surface area contributed by atoms with E-state index in [1.54, 1.807) is 0 Å². The number of benzene rings is 2. The molecule has 1 heterocycles. The van der Waals surface area contributed by atoms with E-state index in [0.717, 1.165) is 10.2 Å². The molecule has 0 amide bonds. The Bertz CT molecular complexity index is 511. The molecule has 3 heteroatoms. The molecular weight excluding hydrogens is 308 g/mol. The van der Waals surface area contributed by atoms with Crippen molar-refractivity contribution in [2.24, 2.45) is 0 Å². The summed E-state index contributed by atoms with van der Waals surface area (Å²) in [5.74, 6) is 0.971. The van der Waals surface area contributed by atoms with Crippen molar-refractivity contribution in [2.45, 2.75) is 17.6 Å². The lowest BCUT2D eigenvalue weighted by atomic mass is 10.1. The zero-order valence-electron chi connectivity index (χ0n) is 9.80. The van der Waals surface area contributed by atoms with Crippen LogP contribution in [0.1, 0.15) is 17.2 Å². The molecule has 0 spiro atoms. The minimum absolute atomic E-state index is 0.176. The van der Waals surface area contributed by atoms with Crippen LogP contribution in [0, 0.1) is 0 Å². The molecule has 0 saturated heterocycles. The van der Waals surface area contributed by atoms with E-state index in [-0.39, 0.29) is 6.10 Å². The molecule has 2 aromatic carbocycles. The molecule has 0 N–H and O–H groups in total. The smallest absolute Gasteiger partial charge is 0.0923 e. The Hall–Kier alpha value is -0.770. The monoisotopic (exact) mass is 320 g/mol. The SMILES string of the molecule is Brc1ccc(C2CSc3ccccc3CO2)cc1. The Morgan fingerprint density at radius 1 is 1.06 bits per heavy atom. The number of rotatable bonds is 1. The van der Waals surface area contributed by atoms with Crippen LogP contribution < -0.4 is 0 Å². The van der Waals surface area contributed by atoms with Gasteiger partial charge in [-0.05, 0) is 29.3 Å². The van der Waals surface area contributed by atoms with Gasteiger partial charge < -0.3 is 4.74 Å². The fraction of sp³-hybridized carbons (Fsp3) is 0.200. The quantitative estimate of drug-likeness (QED) is 0.745. The highest BCUT2D eigenvalue weighted by Gasteiger charge is 2.18. The van der Waals surface area contributed by atoms with Crippen LogP contribution in [0.15, 0.2) is 57.9 Å². The molecule has 3 rings (SSSR count). The first-order chi connectivity index (χ1) is 8.83. The molecule has 18 heavy (non-hydrogen) atoms. The number of thioether (sulfide) groups is 1. The maximum Gasteiger partial charge on any atom is 0.0923 e. The summed E-state index contributed by atoms with van der Waals surface area (Å²) in [4.78, 5) is 1.34. The van der Waals surface area contributed by atoms with Gasteiger partial charge >= 0.3 is 0 Å². The largest absolute Gasteiger partial charge is 0.368 e. The summed E-state index contributed by atoms with van der Waals surface area (Å²) in [5, 5.41) is 0. The van der Waals surface area contributed by atoms with Crippen LogP contribution in [0.2, 0.25) is 0 Å². The van der Waals surface area contributed by atoms with Gasteiger partial charge in [-0.1, -0.05) is 46.3 Å². The highest BCUT2D eigenvalue weighted by Crippen LogP contribution is 2.34. The summed E-state index contributed by atoms with van der Waals surface area (Å²) in [7, 11) is 0. The van der Waals surface area contributed by atoms with E-state index in [2.05, 4.69) is 64.5 Å². The van der Waals surface area contributed by atoms with Crippen molar-refractivity contribution < 1.29 is 4.74 Å². The van der Waals surface area contributed by atoms with Crippen molar-refractivity contribution in [3.05, 3.63) is 64.1 Å². The molecule has 1 aliphatic rings.